The van der Waals surface area contributed by atoms with Crippen LogP contribution in [0.3, 0.4) is 0 Å². The minimum absolute atomic E-state index is 0.264. The molecule has 0 bridgehead atoms. The van der Waals surface area contributed by atoms with E-state index in [0.717, 1.165) is 42.3 Å². The van der Waals surface area contributed by atoms with Crippen molar-refractivity contribution in [3.05, 3.63) is 53.1 Å². The van der Waals surface area contributed by atoms with Crippen LogP contribution in [0.2, 0.25) is 5.02 Å². The van der Waals surface area contributed by atoms with Gasteiger partial charge in [-0.3, -0.25) is 4.79 Å². The van der Waals surface area contributed by atoms with Crippen LogP contribution in [0.4, 0.5) is 0 Å². The predicted molar refractivity (Wildman–Crippen MR) is 93.6 cm³/mol. The number of carbonyl (C=O) groups is 1. The molecule has 126 valence electrons. The van der Waals surface area contributed by atoms with Crippen molar-refractivity contribution in [1.29, 1.82) is 0 Å². The molecule has 4 nitrogen and oxygen atoms in total. The van der Waals surface area contributed by atoms with Crippen LogP contribution in [0, 0.1) is 11.8 Å². The molecule has 0 aliphatic heterocycles. The number of amides is 1. The van der Waals surface area contributed by atoms with E-state index < -0.39 is 0 Å². The first-order chi connectivity index (χ1) is 11.7. The fourth-order valence-corrected chi connectivity index (χ4v) is 3.28. The van der Waals surface area contributed by atoms with Crippen molar-refractivity contribution in [1.82, 2.24) is 14.5 Å². The zero-order chi connectivity index (χ0) is 16.5. The summed E-state index contributed by atoms with van der Waals surface area (Å²) in [6.45, 7) is 2.23. The minimum Gasteiger partial charge on any atom is -0.335 e. The molecule has 0 atom stereocenters. The van der Waals surface area contributed by atoms with E-state index in [1.807, 2.05) is 35.5 Å². The molecule has 2 saturated carbocycles. The molecule has 2 fully saturated rings. The van der Waals surface area contributed by atoms with Crippen LogP contribution < -0.4 is 0 Å². The van der Waals surface area contributed by atoms with Crippen molar-refractivity contribution in [2.75, 3.05) is 6.54 Å². The van der Waals surface area contributed by atoms with E-state index in [4.69, 9.17) is 11.6 Å². The molecule has 2 aliphatic rings. The van der Waals surface area contributed by atoms with Gasteiger partial charge in [0.1, 0.15) is 5.82 Å². The third kappa shape index (κ3) is 3.81. The Morgan fingerprint density at radius 2 is 2.12 bits per heavy atom. The first kappa shape index (κ1) is 15.7. The lowest BCUT2D eigenvalue weighted by molar-refractivity contribution is -0.133. The first-order valence-electron chi connectivity index (χ1n) is 8.72. The summed E-state index contributed by atoms with van der Waals surface area (Å²) in [6, 6.07) is 7.88. The van der Waals surface area contributed by atoms with Crippen LogP contribution in [0.1, 0.15) is 37.1 Å². The average molecular weight is 344 g/mol. The summed E-state index contributed by atoms with van der Waals surface area (Å²) in [4.78, 5) is 19.1. The average Bonchev–Trinajstić information content (AvgIpc) is 3.47. The van der Waals surface area contributed by atoms with Crippen molar-refractivity contribution >= 4 is 17.5 Å². The van der Waals surface area contributed by atoms with Gasteiger partial charge in [0.05, 0.1) is 6.54 Å². The Kier molecular flexibility index (Phi) is 4.31. The molecular formula is C19H22ClN3O. The number of hydrogen-bond donors (Lipinski definition) is 0. The summed E-state index contributed by atoms with van der Waals surface area (Å²) in [5, 5.41) is 0.744. The summed E-state index contributed by atoms with van der Waals surface area (Å²) in [7, 11) is 0. The van der Waals surface area contributed by atoms with Crippen molar-refractivity contribution in [2.45, 2.75) is 38.8 Å². The molecular weight excluding hydrogens is 322 g/mol. The highest BCUT2D eigenvalue weighted by Crippen LogP contribution is 2.35. The van der Waals surface area contributed by atoms with Crippen LogP contribution in [0.15, 0.2) is 36.7 Å². The van der Waals surface area contributed by atoms with Crippen LogP contribution in [0.25, 0.3) is 0 Å². The van der Waals surface area contributed by atoms with E-state index in [-0.39, 0.29) is 5.92 Å². The normalized spacial score (nSPS) is 17.0. The number of imidazole rings is 1. The van der Waals surface area contributed by atoms with E-state index in [1.165, 1.54) is 12.8 Å². The monoisotopic (exact) mass is 343 g/mol. The van der Waals surface area contributed by atoms with Crippen molar-refractivity contribution < 1.29 is 4.79 Å². The van der Waals surface area contributed by atoms with Crippen molar-refractivity contribution in [3.63, 3.8) is 0 Å². The Morgan fingerprint density at radius 3 is 2.83 bits per heavy atom. The van der Waals surface area contributed by atoms with Gasteiger partial charge >= 0.3 is 0 Å². The summed E-state index contributed by atoms with van der Waals surface area (Å²) in [6.07, 6.45) is 8.41. The van der Waals surface area contributed by atoms with Gasteiger partial charge in [0.15, 0.2) is 0 Å². The maximum Gasteiger partial charge on any atom is 0.226 e. The zero-order valence-corrected chi connectivity index (χ0v) is 14.5. The molecule has 2 aliphatic carbocycles. The van der Waals surface area contributed by atoms with Gasteiger partial charge in [-0.2, -0.15) is 0 Å². The summed E-state index contributed by atoms with van der Waals surface area (Å²) < 4.78 is 2.12. The highest BCUT2D eigenvalue weighted by molar-refractivity contribution is 6.30. The highest BCUT2D eigenvalue weighted by atomic mass is 35.5. The number of benzene rings is 1. The second-order valence-corrected chi connectivity index (χ2v) is 7.47. The molecule has 0 N–H and O–H groups in total. The highest BCUT2D eigenvalue weighted by Gasteiger charge is 2.36. The smallest absolute Gasteiger partial charge is 0.226 e. The third-order valence-electron chi connectivity index (χ3n) is 4.79. The van der Waals surface area contributed by atoms with Gasteiger partial charge in [-0.1, -0.05) is 23.7 Å². The second-order valence-electron chi connectivity index (χ2n) is 7.04. The predicted octanol–water partition coefficient (Wildman–Crippen LogP) is 3.73. The number of hydrogen-bond acceptors (Lipinski definition) is 2. The van der Waals surface area contributed by atoms with Crippen LogP contribution in [-0.4, -0.2) is 26.9 Å². The summed E-state index contributed by atoms with van der Waals surface area (Å²) in [5.74, 6) is 2.23. The van der Waals surface area contributed by atoms with Gasteiger partial charge in [0, 0.05) is 36.4 Å². The van der Waals surface area contributed by atoms with Crippen molar-refractivity contribution in [3.8, 4) is 0 Å². The van der Waals surface area contributed by atoms with Gasteiger partial charge in [-0.15, -0.1) is 0 Å². The number of rotatable bonds is 7. The molecule has 0 radical (unpaired) electrons. The van der Waals surface area contributed by atoms with Gasteiger partial charge in [-0.05, 0) is 49.3 Å². The number of carbonyl (C=O) groups excluding carboxylic acids is 1. The Hall–Kier alpha value is -1.81. The summed E-state index contributed by atoms with van der Waals surface area (Å²) in [5.41, 5.74) is 1.14. The van der Waals surface area contributed by atoms with Gasteiger partial charge in [-0.25, -0.2) is 4.98 Å². The maximum atomic E-state index is 12.6. The van der Waals surface area contributed by atoms with E-state index in [2.05, 4.69) is 15.6 Å². The lowest BCUT2D eigenvalue weighted by Crippen LogP contribution is -2.34. The van der Waals surface area contributed by atoms with E-state index in [1.54, 1.807) is 0 Å². The quantitative estimate of drug-likeness (QED) is 0.768. The molecule has 24 heavy (non-hydrogen) atoms. The standard InChI is InChI=1S/C19H22ClN3O/c20-17-3-1-2-15(10-17)12-22-9-8-21-18(22)13-23(11-14-4-5-14)19(24)16-6-7-16/h1-3,8-10,14,16H,4-7,11-13H2. The lowest BCUT2D eigenvalue weighted by Gasteiger charge is -2.23. The topological polar surface area (TPSA) is 38.1 Å². The van der Waals surface area contributed by atoms with Crippen LogP contribution >= 0.6 is 11.6 Å². The van der Waals surface area contributed by atoms with Gasteiger partial charge in [0.25, 0.3) is 0 Å². The fourth-order valence-electron chi connectivity index (χ4n) is 3.07. The van der Waals surface area contributed by atoms with E-state index in [9.17, 15) is 4.79 Å². The van der Waals surface area contributed by atoms with Gasteiger partial charge < -0.3 is 9.47 Å². The van der Waals surface area contributed by atoms with E-state index in [0.29, 0.717) is 18.4 Å². The molecule has 0 spiro atoms. The molecule has 1 amide bonds. The number of aromatic nitrogens is 2. The zero-order valence-electron chi connectivity index (χ0n) is 13.7. The molecule has 1 heterocycles. The van der Waals surface area contributed by atoms with Crippen LogP contribution in [-0.2, 0) is 17.9 Å². The fraction of sp³-hybridized carbons (Fsp3) is 0.474. The third-order valence-corrected chi connectivity index (χ3v) is 5.02. The number of halogens is 1. The molecule has 5 heteroatoms. The second kappa shape index (κ2) is 6.60. The molecule has 4 rings (SSSR count). The molecule has 1 aromatic heterocycles. The minimum atomic E-state index is 0.264. The van der Waals surface area contributed by atoms with Crippen molar-refractivity contribution in [2.24, 2.45) is 11.8 Å². The Labute approximate surface area is 147 Å². The molecule has 1 aromatic carbocycles. The first-order valence-corrected chi connectivity index (χ1v) is 9.10. The molecule has 2 aromatic rings. The Balaban J connectivity index is 1.48. The maximum absolute atomic E-state index is 12.6. The van der Waals surface area contributed by atoms with Gasteiger partial charge in [0.2, 0.25) is 5.91 Å². The Morgan fingerprint density at radius 1 is 1.29 bits per heavy atom. The number of nitrogens with zero attached hydrogens (tertiary/aromatic N) is 3. The largest absolute Gasteiger partial charge is 0.335 e. The van der Waals surface area contributed by atoms with Crippen LogP contribution in [0.5, 0.6) is 0 Å². The SMILES string of the molecule is O=C(C1CC1)N(Cc1nccn1Cc1cccc(Cl)c1)CC1CC1. The lowest BCUT2D eigenvalue weighted by atomic mass is 10.2. The molecule has 0 saturated heterocycles. The summed E-state index contributed by atoms with van der Waals surface area (Å²) >= 11 is 6.08. The molecule has 0 unspecified atom stereocenters. The Bertz CT molecular complexity index is 734. The van der Waals surface area contributed by atoms with E-state index >= 15 is 0 Å².